The fourth-order valence-corrected chi connectivity index (χ4v) is 2.39. The van der Waals surface area contributed by atoms with Crippen molar-refractivity contribution in [3.63, 3.8) is 0 Å². The van der Waals surface area contributed by atoms with Crippen molar-refractivity contribution in [2.24, 2.45) is 4.99 Å². The quantitative estimate of drug-likeness (QED) is 0.697. The molecule has 0 N–H and O–H groups in total. The highest BCUT2D eigenvalue weighted by atomic mass is 35.5. The first-order valence-corrected chi connectivity index (χ1v) is 7.27. The fraction of sp³-hybridized carbons (Fsp3) is 0.0714. The summed E-state index contributed by atoms with van der Waals surface area (Å²) in [5.41, 5.74) is 1.93. The number of thiazole rings is 1. The molecule has 3 aromatic heterocycles. The van der Waals surface area contributed by atoms with Crippen LogP contribution >= 0.6 is 22.9 Å². The Bertz CT molecular complexity index is 747. The lowest BCUT2D eigenvalue weighted by Crippen LogP contribution is -2.20. The summed E-state index contributed by atoms with van der Waals surface area (Å²) < 4.78 is 2.05. The molecule has 0 bridgehead atoms. The molecular formula is C14H11ClN4S. The topological polar surface area (TPSA) is 43.1 Å². The van der Waals surface area contributed by atoms with Crippen LogP contribution in [0.3, 0.4) is 0 Å². The molecule has 0 spiro atoms. The summed E-state index contributed by atoms with van der Waals surface area (Å²) in [6.45, 7) is 0.690. The molecular weight excluding hydrogens is 292 g/mol. The van der Waals surface area contributed by atoms with Crippen LogP contribution in [0.15, 0.2) is 59.3 Å². The summed E-state index contributed by atoms with van der Waals surface area (Å²) in [5, 5.41) is 3.16. The van der Waals surface area contributed by atoms with Gasteiger partial charge in [0, 0.05) is 24.0 Å². The minimum Gasteiger partial charge on any atom is -0.328 e. The first kappa shape index (κ1) is 13.0. The summed E-state index contributed by atoms with van der Waals surface area (Å²) in [6, 6.07) is 9.65. The molecule has 3 heterocycles. The number of pyridine rings is 2. The maximum atomic E-state index is 5.80. The number of hydrogen-bond acceptors (Lipinski definition) is 4. The van der Waals surface area contributed by atoms with Crippen LogP contribution in [-0.2, 0) is 6.54 Å². The van der Waals surface area contributed by atoms with Crippen molar-refractivity contribution in [3.05, 3.63) is 70.5 Å². The normalized spacial score (nSPS) is 11.8. The van der Waals surface area contributed by atoms with E-state index in [1.807, 2.05) is 40.4 Å². The minimum atomic E-state index is 0.500. The van der Waals surface area contributed by atoms with Gasteiger partial charge in [0.1, 0.15) is 10.6 Å². The van der Waals surface area contributed by atoms with Gasteiger partial charge in [-0.2, -0.15) is 0 Å². The molecule has 6 heteroatoms. The summed E-state index contributed by atoms with van der Waals surface area (Å²) in [7, 11) is 0. The first-order valence-electron chi connectivity index (χ1n) is 6.01. The first-order chi connectivity index (χ1) is 9.81. The van der Waals surface area contributed by atoms with E-state index < -0.39 is 0 Å². The Morgan fingerprint density at radius 1 is 1.20 bits per heavy atom. The maximum absolute atomic E-state index is 5.80. The molecule has 4 nitrogen and oxygen atoms in total. The van der Waals surface area contributed by atoms with Gasteiger partial charge in [-0.15, -0.1) is 11.3 Å². The Morgan fingerprint density at radius 2 is 2.15 bits per heavy atom. The Hall–Kier alpha value is -1.98. The molecule has 100 valence electrons. The summed E-state index contributed by atoms with van der Waals surface area (Å²) >= 11 is 7.31. The van der Waals surface area contributed by atoms with E-state index in [1.165, 1.54) is 11.3 Å². The lowest BCUT2D eigenvalue weighted by molar-refractivity contribution is 0.740. The second-order valence-electron chi connectivity index (χ2n) is 4.10. The molecule has 0 amide bonds. The Kier molecular flexibility index (Phi) is 3.90. The molecule has 0 radical (unpaired) electrons. The predicted octanol–water partition coefficient (Wildman–Crippen LogP) is 3.27. The van der Waals surface area contributed by atoms with Gasteiger partial charge in [-0.05, 0) is 23.8 Å². The van der Waals surface area contributed by atoms with Gasteiger partial charge in [-0.1, -0.05) is 23.7 Å². The zero-order chi connectivity index (χ0) is 13.8. The third kappa shape index (κ3) is 3.12. The van der Waals surface area contributed by atoms with E-state index in [0.717, 1.165) is 16.2 Å². The third-order valence-electron chi connectivity index (χ3n) is 2.69. The van der Waals surface area contributed by atoms with E-state index in [1.54, 1.807) is 18.5 Å². The molecule has 0 fully saturated rings. The van der Waals surface area contributed by atoms with Gasteiger partial charge in [0.15, 0.2) is 0 Å². The molecule has 0 aliphatic heterocycles. The van der Waals surface area contributed by atoms with Crippen LogP contribution in [0.5, 0.6) is 0 Å². The molecule has 0 saturated heterocycles. The number of nitrogens with zero attached hydrogens (tertiary/aromatic N) is 4. The highest BCUT2D eigenvalue weighted by Gasteiger charge is 1.98. The van der Waals surface area contributed by atoms with Crippen LogP contribution in [0.1, 0.15) is 5.56 Å². The van der Waals surface area contributed by atoms with Crippen molar-refractivity contribution < 1.29 is 0 Å². The zero-order valence-electron chi connectivity index (χ0n) is 10.5. The highest BCUT2D eigenvalue weighted by Crippen LogP contribution is 2.13. The summed E-state index contributed by atoms with van der Waals surface area (Å²) in [6.07, 6.45) is 5.51. The van der Waals surface area contributed by atoms with Crippen molar-refractivity contribution in [1.82, 2.24) is 14.5 Å². The van der Waals surface area contributed by atoms with E-state index in [2.05, 4.69) is 15.0 Å². The van der Waals surface area contributed by atoms with E-state index in [0.29, 0.717) is 11.7 Å². The largest absolute Gasteiger partial charge is 0.328 e. The standard InChI is InChI=1S/C14H11ClN4S/c15-12-5-4-11(9-17-12)10-19-7-2-1-3-13(19)18-14-16-6-8-20-14/h1-9H,10H2/b18-13+. The average Bonchev–Trinajstić information content (AvgIpc) is 2.96. The van der Waals surface area contributed by atoms with Crippen LogP contribution in [0.25, 0.3) is 0 Å². The molecule has 0 saturated carbocycles. The lowest BCUT2D eigenvalue weighted by Gasteiger charge is -2.06. The van der Waals surface area contributed by atoms with Crippen molar-refractivity contribution in [2.45, 2.75) is 6.54 Å². The number of halogens is 1. The van der Waals surface area contributed by atoms with Gasteiger partial charge in [-0.25, -0.2) is 15.0 Å². The molecule has 0 aromatic carbocycles. The Morgan fingerprint density at radius 3 is 2.90 bits per heavy atom. The van der Waals surface area contributed by atoms with E-state index >= 15 is 0 Å². The maximum Gasteiger partial charge on any atom is 0.211 e. The number of rotatable bonds is 3. The van der Waals surface area contributed by atoms with Crippen LogP contribution in [0.4, 0.5) is 5.13 Å². The molecule has 0 atom stereocenters. The van der Waals surface area contributed by atoms with Gasteiger partial charge in [-0.3, -0.25) is 0 Å². The van der Waals surface area contributed by atoms with Gasteiger partial charge in [0.05, 0.1) is 6.54 Å². The second-order valence-corrected chi connectivity index (χ2v) is 5.36. The van der Waals surface area contributed by atoms with Crippen molar-refractivity contribution in [1.29, 1.82) is 0 Å². The SMILES string of the molecule is Clc1ccc(Cn2cccc/c2=N\c2nccs2)cn1. The molecule has 0 aliphatic rings. The molecule has 0 aliphatic carbocycles. The zero-order valence-corrected chi connectivity index (χ0v) is 12.1. The van der Waals surface area contributed by atoms with Gasteiger partial charge in [0.2, 0.25) is 5.13 Å². The van der Waals surface area contributed by atoms with Crippen LogP contribution in [0, 0.1) is 0 Å². The van der Waals surface area contributed by atoms with Gasteiger partial charge >= 0.3 is 0 Å². The average molecular weight is 303 g/mol. The van der Waals surface area contributed by atoms with Gasteiger partial charge < -0.3 is 4.57 Å². The minimum absolute atomic E-state index is 0.500. The van der Waals surface area contributed by atoms with E-state index in [-0.39, 0.29) is 0 Å². The second kappa shape index (κ2) is 5.98. The molecule has 0 unspecified atom stereocenters. The summed E-state index contributed by atoms with van der Waals surface area (Å²) in [5.74, 6) is 0. The number of aromatic nitrogens is 3. The molecule has 3 rings (SSSR count). The third-order valence-corrected chi connectivity index (χ3v) is 3.58. The van der Waals surface area contributed by atoms with Crippen molar-refractivity contribution in [2.75, 3.05) is 0 Å². The lowest BCUT2D eigenvalue weighted by atomic mass is 10.3. The molecule has 3 aromatic rings. The van der Waals surface area contributed by atoms with Crippen LogP contribution in [-0.4, -0.2) is 14.5 Å². The van der Waals surface area contributed by atoms with Crippen molar-refractivity contribution >= 4 is 28.1 Å². The predicted molar refractivity (Wildman–Crippen MR) is 80.1 cm³/mol. The fourth-order valence-electron chi connectivity index (χ4n) is 1.77. The monoisotopic (exact) mass is 302 g/mol. The smallest absolute Gasteiger partial charge is 0.211 e. The van der Waals surface area contributed by atoms with E-state index in [4.69, 9.17) is 11.6 Å². The van der Waals surface area contributed by atoms with Crippen LogP contribution < -0.4 is 5.49 Å². The highest BCUT2D eigenvalue weighted by molar-refractivity contribution is 7.13. The number of hydrogen-bond donors (Lipinski definition) is 0. The van der Waals surface area contributed by atoms with Crippen molar-refractivity contribution in [3.8, 4) is 0 Å². The van der Waals surface area contributed by atoms with Crippen LogP contribution in [0.2, 0.25) is 5.15 Å². The summed E-state index contributed by atoms with van der Waals surface area (Å²) in [4.78, 5) is 12.8. The van der Waals surface area contributed by atoms with Gasteiger partial charge in [0.25, 0.3) is 0 Å². The van der Waals surface area contributed by atoms with E-state index in [9.17, 15) is 0 Å². The Labute approximate surface area is 125 Å². The molecule has 20 heavy (non-hydrogen) atoms. The Balaban J connectivity index is 1.96.